The van der Waals surface area contributed by atoms with Gasteiger partial charge in [0.25, 0.3) is 0 Å². The molecule has 8 nitrogen and oxygen atoms in total. The van der Waals surface area contributed by atoms with E-state index in [1.807, 2.05) is 24.3 Å². The summed E-state index contributed by atoms with van der Waals surface area (Å²) in [6.45, 7) is 0.822. The summed E-state index contributed by atoms with van der Waals surface area (Å²) < 4.78 is 10.8. The highest BCUT2D eigenvalue weighted by atomic mass is 16.5. The van der Waals surface area contributed by atoms with Crippen LogP contribution in [0.4, 0.5) is 4.79 Å². The largest absolute Gasteiger partial charge is 0.481 e. The van der Waals surface area contributed by atoms with Crippen molar-refractivity contribution in [1.29, 1.82) is 0 Å². The zero-order chi connectivity index (χ0) is 24.6. The van der Waals surface area contributed by atoms with Crippen molar-refractivity contribution in [2.75, 3.05) is 32.9 Å². The molecule has 2 aromatic carbocycles. The summed E-state index contributed by atoms with van der Waals surface area (Å²) >= 11 is 0. The summed E-state index contributed by atoms with van der Waals surface area (Å²) in [7, 11) is 0. The maximum atomic E-state index is 12.2. The Labute approximate surface area is 205 Å². The molecule has 0 heterocycles. The molecule has 35 heavy (non-hydrogen) atoms. The first kappa shape index (κ1) is 24.7. The van der Waals surface area contributed by atoms with Crippen LogP contribution < -0.4 is 10.6 Å². The fraction of sp³-hybridized carbons (Fsp3) is 0.444. The van der Waals surface area contributed by atoms with Crippen LogP contribution in [0.1, 0.15) is 42.7 Å². The predicted octanol–water partition coefficient (Wildman–Crippen LogP) is 3.55. The summed E-state index contributed by atoms with van der Waals surface area (Å²) in [5.41, 5.74) is 4.65. The highest BCUT2D eigenvalue weighted by Crippen LogP contribution is 2.44. The average molecular weight is 481 g/mol. The molecule has 0 bridgehead atoms. The van der Waals surface area contributed by atoms with E-state index in [4.69, 9.17) is 9.47 Å². The van der Waals surface area contributed by atoms with E-state index < -0.39 is 18.0 Å². The number of hydrogen-bond donors (Lipinski definition) is 3. The molecule has 2 amide bonds. The number of carboxylic acids is 1. The Morgan fingerprint density at radius 1 is 0.914 bits per heavy atom. The molecular weight excluding hydrogens is 448 g/mol. The van der Waals surface area contributed by atoms with Crippen LogP contribution >= 0.6 is 0 Å². The number of benzene rings is 2. The Hall–Kier alpha value is -3.39. The van der Waals surface area contributed by atoms with Gasteiger partial charge < -0.3 is 25.2 Å². The Kier molecular flexibility index (Phi) is 8.36. The topological polar surface area (TPSA) is 114 Å². The molecule has 1 fully saturated rings. The lowest BCUT2D eigenvalue weighted by molar-refractivity contribution is -0.145. The van der Waals surface area contributed by atoms with Gasteiger partial charge in [0.1, 0.15) is 13.2 Å². The summed E-state index contributed by atoms with van der Waals surface area (Å²) in [5.74, 6) is -1.52. The minimum Gasteiger partial charge on any atom is -0.481 e. The third-order valence-electron chi connectivity index (χ3n) is 6.88. The van der Waals surface area contributed by atoms with Crippen LogP contribution in [0.2, 0.25) is 0 Å². The van der Waals surface area contributed by atoms with Gasteiger partial charge in [0, 0.05) is 19.0 Å². The number of aliphatic carboxylic acids is 1. The third-order valence-corrected chi connectivity index (χ3v) is 6.88. The first-order chi connectivity index (χ1) is 17.0. The van der Waals surface area contributed by atoms with Crippen molar-refractivity contribution in [2.24, 2.45) is 11.8 Å². The molecular formula is C27H32N2O6. The second-order valence-electron chi connectivity index (χ2n) is 9.10. The highest BCUT2D eigenvalue weighted by molar-refractivity contribution is 5.79. The molecule has 186 valence electrons. The third kappa shape index (κ3) is 6.19. The monoisotopic (exact) mass is 480 g/mol. The number of nitrogens with one attached hydrogen (secondary N) is 2. The van der Waals surface area contributed by atoms with E-state index in [2.05, 4.69) is 34.9 Å². The number of rotatable bonds is 10. The number of carboxylic acid groups (broad SMARTS) is 1. The molecule has 1 saturated carbocycles. The van der Waals surface area contributed by atoms with Crippen LogP contribution in [-0.2, 0) is 19.1 Å². The fourth-order valence-corrected chi connectivity index (χ4v) is 5.11. The number of ether oxygens (including phenoxy) is 2. The fourth-order valence-electron chi connectivity index (χ4n) is 5.11. The van der Waals surface area contributed by atoms with Crippen LogP contribution in [0.15, 0.2) is 48.5 Å². The van der Waals surface area contributed by atoms with Gasteiger partial charge >= 0.3 is 12.1 Å². The van der Waals surface area contributed by atoms with E-state index in [1.165, 1.54) is 11.1 Å². The number of alkyl carbamates (subject to hydrolysis) is 1. The van der Waals surface area contributed by atoms with Crippen molar-refractivity contribution in [3.63, 3.8) is 0 Å². The smallest absolute Gasteiger partial charge is 0.407 e. The lowest BCUT2D eigenvalue weighted by Gasteiger charge is -2.28. The molecule has 0 spiro atoms. The Balaban J connectivity index is 1.12. The van der Waals surface area contributed by atoms with Gasteiger partial charge in [0.15, 0.2) is 0 Å². The SMILES string of the molecule is O=C(COCCNC(=O)OCC1c2ccccc2-c2ccccc21)NCC1CCCCC1C(=O)O. The molecule has 4 rings (SSSR count). The van der Waals surface area contributed by atoms with E-state index in [9.17, 15) is 19.5 Å². The highest BCUT2D eigenvalue weighted by Gasteiger charge is 2.31. The number of amides is 2. The molecule has 0 aliphatic heterocycles. The van der Waals surface area contributed by atoms with E-state index in [1.54, 1.807) is 0 Å². The van der Waals surface area contributed by atoms with Gasteiger partial charge in [0.05, 0.1) is 12.5 Å². The first-order valence-corrected chi connectivity index (χ1v) is 12.2. The van der Waals surface area contributed by atoms with E-state index in [0.717, 1.165) is 30.4 Å². The Morgan fingerprint density at radius 3 is 2.26 bits per heavy atom. The van der Waals surface area contributed by atoms with Crippen LogP contribution in [0, 0.1) is 11.8 Å². The number of carbonyl (C=O) groups excluding carboxylic acids is 2. The molecule has 0 radical (unpaired) electrons. The van der Waals surface area contributed by atoms with Crippen molar-refractivity contribution >= 4 is 18.0 Å². The normalized spacial score (nSPS) is 18.9. The van der Waals surface area contributed by atoms with Crippen molar-refractivity contribution in [3.05, 3.63) is 59.7 Å². The average Bonchev–Trinajstić information content (AvgIpc) is 3.20. The Morgan fingerprint density at radius 2 is 1.57 bits per heavy atom. The van der Waals surface area contributed by atoms with Crippen LogP contribution in [0.5, 0.6) is 0 Å². The number of carbonyl (C=O) groups is 3. The molecule has 0 saturated heterocycles. The standard InChI is InChI=1S/C27H32N2O6/c30-25(29-15-18-7-1-2-8-19(18)26(31)32)17-34-14-13-28-27(33)35-16-24-22-11-5-3-9-20(22)21-10-4-6-12-23(21)24/h3-6,9-12,18-19,24H,1-2,7-8,13-17H2,(H,28,33)(H,29,30)(H,31,32). The van der Waals surface area contributed by atoms with E-state index >= 15 is 0 Å². The van der Waals surface area contributed by atoms with Crippen molar-refractivity contribution in [3.8, 4) is 11.1 Å². The van der Waals surface area contributed by atoms with Gasteiger partial charge in [-0.1, -0.05) is 61.4 Å². The second kappa shape index (κ2) is 11.8. The molecule has 0 aromatic heterocycles. The minimum absolute atomic E-state index is 0.00187. The van der Waals surface area contributed by atoms with Gasteiger partial charge in [-0.05, 0) is 41.0 Å². The lowest BCUT2D eigenvalue weighted by Crippen LogP contribution is -2.38. The first-order valence-electron chi connectivity index (χ1n) is 12.2. The van der Waals surface area contributed by atoms with Crippen molar-refractivity contribution < 1.29 is 29.0 Å². The molecule has 8 heteroatoms. The van der Waals surface area contributed by atoms with Crippen molar-refractivity contribution in [2.45, 2.75) is 31.6 Å². The van der Waals surface area contributed by atoms with Crippen LogP contribution in [-0.4, -0.2) is 56.0 Å². The molecule has 2 aliphatic carbocycles. The maximum absolute atomic E-state index is 12.2. The maximum Gasteiger partial charge on any atom is 0.407 e. The van der Waals surface area contributed by atoms with Crippen LogP contribution in [0.25, 0.3) is 11.1 Å². The second-order valence-corrected chi connectivity index (χ2v) is 9.10. The van der Waals surface area contributed by atoms with Gasteiger partial charge in [0.2, 0.25) is 5.91 Å². The molecule has 3 N–H and O–H groups in total. The van der Waals surface area contributed by atoms with E-state index in [-0.39, 0.29) is 44.1 Å². The quantitative estimate of drug-likeness (QED) is 0.448. The molecule has 2 unspecified atom stereocenters. The molecule has 2 atom stereocenters. The lowest BCUT2D eigenvalue weighted by atomic mass is 9.79. The summed E-state index contributed by atoms with van der Waals surface area (Å²) in [4.78, 5) is 35.5. The summed E-state index contributed by atoms with van der Waals surface area (Å²) in [5, 5.41) is 14.7. The summed E-state index contributed by atoms with van der Waals surface area (Å²) in [6.07, 6.45) is 2.84. The van der Waals surface area contributed by atoms with E-state index in [0.29, 0.717) is 13.0 Å². The molecule has 2 aliphatic rings. The van der Waals surface area contributed by atoms with Gasteiger partial charge in [-0.2, -0.15) is 0 Å². The zero-order valence-corrected chi connectivity index (χ0v) is 19.7. The predicted molar refractivity (Wildman–Crippen MR) is 130 cm³/mol. The minimum atomic E-state index is -0.792. The zero-order valence-electron chi connectivity index (χ0n) is 19.7. The van der Waals surface area contributed by atoms with Gasteiger partial charge in [-0.15, -0.1) is 0 Å². The number of hydrogen-bond acceptors (Lipinski definition) is 5. The van der Waals surface area contributed by atoms with Crippen molar-refractivity contribution in [1.82, 2.24) is 10.6 Å². The molecule has 2 aromatic rings. The summed E-state index contributed by atoms with van der Waals surface area (Å²) in [6, 6.07) is 16.3. The number of fused-ring (bicyclic) bond motifs is 3. The Bertz CT molecular complexity index is 1010. The van der Waals surface area contributed by atoms with Crippen LogP contribution in [0.3, 0.4) is 0 Å². The van der Waals surface area contributed by atoms with Gasteiger partial charge in [-0.3, -0.25) is 9.59 Å². The van der Waals surface area contributed by atoms with Gasteiger partial charge in [-0.25, -0.2) is 4.79 Å².